The van der Waals surface area contributed by atoms with Gasteiger partial charge in [-0.2, -0.15) is 0 Å². The average Bonchev–Trinajstić information content (AvgIpc) is 2.69. The summed E-state index contributed by atoms with van der Waals surface area (Å²) in [7, 11) is 0. The first-order valence-corrected chi connectivity index (χ1v) is 10.2. The molecule has 0 N–H and O–H groups in total. The molecule has 0 fully saturated rings. The topological polar surface area (TPSA) is 28.0 Å². The molecule has 0 spiro atoms. The molecule has 2 atom stereocenters. The van der Waals surface area contributed by atoms with E-state index in [4.69, 9.17) is 11.4 Å². The van der Waals surface area contributed by atoms with E-state index in [2.05, 4.69) is 68.3 Å². The summed E-state index contributed by atoms with van der Waals surface area (Å²) in [4.78, 5) is 11.1. The highest BCUT2D eigenvalue weighted by Crippen LogP contribution is 2.26. The van der Waals surface area contributed by atoms with E-state index in [-0.39, 0.29) is 0 Å². The molecule has 0 aliphatic rings. The van der Waals surface area contributed by atoms with Crippen LogP contribution in [0.1, 0.15) is 54.4 Å². The number of hydrogen-bond acceptors (Lipinski definition) is 2. The van der Waals surface area contributed by atoms with Gasteiger partial charge in [-0.3, -0.25) is 9.98 Å². The van der Waals surface area contributed by atoms with Crippen LogP contribution in [0.2, 0.25) is 0 Å². The van der Waals surface area contributed by atoms with Gasteiger partial charge in [-0.1, -0.05) is 56.6 Å². The Morgan fingerprint density at radius 2 is 2.00 bits per heavy atom. The van der Waals surface area contributed by atoms with Crippen LogP contribution in [0.4, 0.5) is 0 Å². The smallest absolute Gasteiger partial charge is 0.0969 e. The summed E-state index contributed by atoms with van der Waals surface area (Å²) in [5.41, 5.74) is 2.56. The van der Waals surface area contributed by atoms with Crippen molar-refractivity contribution in [2.75, 3.05) is 19.6 Å². The minimum Gasteiger partial charge on any atom is -0.349 e. The number of allylic oxidation sites excluding steroid dienone is 4. The summed E-state index contributed by atoms with van der Waals surface area (Å²) in [5, 5.41) is 0. The monoisotopic (exact) mass is 381 g/mol. The molecule has 0 aromatic rings. The van der Waals surface area contributed by atoms with Crippen molar-refractivity contribution in [1.82, 2.24) is 4.90 Å². The van der Waals surface area contributed by atoms with Gasteiger partial charge in [-0.05, 0) is 57.6 Å². The van der Waals surface area contributed by atoms with Gasteiger partial charge < -0.3 is 4.90 Å². The molecule has 0 aromatic carbocycles. The maximum absolute atomic E-state index is 5.62. The number of hydrogen-bond donors (Lipinski definition) is 0. The fourth-order valence-electron chi connectivity index (χ4n) is 3.11. The maximum atomic E-state index is 5.62. The Hall–Kier alpha value is -2.34. The van der Waals surface area contributed by atoms with Gasteiger partial charge in [0.2, 0.25) is 0 Å². The molecule has 0 radical (unpaired) electrons. The van der Waals surface area contributed by atoms with Crippen LogP contribution in [-0.4, -0.2) is 36.6 Å². The summed E-state index contributed by atoms with van der Waals surface area (Å²) in [6.45, 7) is 18.7. The fraction of sp³-hybridized carbons (Fsp3) is 0.520. The third-order valence-corrected chi connectivity index (χ3v) is 5.14. The molecule has 0 amide bonds. The van der Waals surface area contributed by atoms with Crippen molar-refractivity contribution in [2.45, 2.75) is 54.4 Å². The Bertz CT molecular complexity index is 641. The Labute approximate surface area is 173 Å². The van der Waals surface area contributed by atoms with Gasteiger partial charge in [0.15, 0.2) is 0 Å². The van der Waals surface area contributed by atoms with Gasteiger partial charge in [-0.25, -0.2) is 0 Å². The first-order chi connectivity index (χ1) is 13.4. The molecule has 0 aliphatic carbocycles. The van der Waals surface area contributed by atoms with E-state index < -0.39 is 0 Å². The lowest BCUT2D eigenvalue weighted by atomic mass is 9.83. The highest BCUT2D eigenvalue weighted by atomic mass is 15.2. The van der Waals surface area contributed by atoms with Crippen molar-refractivity contribution in [3.63, 3.8) is 0 Å². The molecular formula is C25H39N3. The van der Waals surface area contributed by atoms with Gasteiger partial charge >= 0.3 is 0 Å². The largest absolute Gasteiger partial charge is 0.349 e. The number of rotatable bonds is 12. The number of amidine groups is 1. The van der Waals surface area contributed by atoms with E-state index in [1.807, 2.05) is 26.1 Å². The molecule has 3 heteroatoms. The van der Waals surface area contributed by atoms with Gasteiger partial charge in [0.05, 0.1) is 18.9 Å². The highest BCUT2D eigenvalue weighted by molar-refractivity contribution is 5.80. The Balaban J connectivity index is 5.27. The van der Waals surface area contributed by atoms with Gasteiger partial charge in [-0.15, -0.1) is 6.42 Å². The van der Waals surface area contributed by atoms with Gasteiger partial charge in [0.1, 0.15) is 0 Å². The Morgan fingerprint density at radius 1 is 1.29 bits per heavy atom. The molecule has 0 aliphatic heterocycles. The summed E-state index contributed by atoms with van der Waals surface area (Å²) < 4.78 is 0. The Kier molecular flexibility index (Phi) is 14.4. The minimum atomic E-state index is 0.489. The molecule has 28 heavy (non-hydrogen) atoms. The average molecular weight is 382 g/mol. The van der Waals surface area contributed by atoms with E-state index >= 15 is 0 Å². The summed E-state index contributed by atoms with van der Waals surface area (Å²) >= 11 is 0. The zero-order valence-electron chi connectivity index (χ0n) is 18.8. The van der Waals surface area contributed by atoms with Crippen LogP contribution < -0.4 is 0 Å². The summed E-state index contributed by atoms with van der Waals surface area (Å²) in [5.74, 6) is 4.87. The predicted octanol–water partition coefficient (Wildman–Crippen LogP) is 6.08. The van der Waals surface area contributed by atoms with Crippen LogP contribution in [0, 0.1) is 24.2 Å². The fourth-order valence-corrected chi connectivity index (χ4v) is 3.11. The summed E-state index contributed by atoms with van der Waals surface area (Å²) in [6.07, 6.45) is 19.5. The highest BCUT2D eigenvalue weighted by Gasteiger charge is 2.19. The second-order valence-corrected chi connectivity index (χ2v) is 7.02. The van der Waals surface area contributed by atoms with E-state index in [1.54, 1.807) is 6.20 Å². The molecule has 154 valence electrons. The third kappa shape index (κ3) is 10.1. The van der Waals surface area contributed by atoms with Crippen LogP contribution in [-0.2, 0) is 0 Å². The Morgan fingerprint density at radius 3 is 2.54 bits per heavy atom. The van der Waals surface area contributed by atoms with E-state index in [9.17, 15) is 0 Å². The van der Waals surface area contributed by atoms with Crippen molar-refractivity contribution in [1.29, 1.82) is 0 Å². The van der Waals surface area contributed by atoms with Gasteiger partial charge in [0, 0.05) is 19.0 Å². The molecule has 0 heterocycles. The van der Waals surface area contributed by atoms with Crippen LogP contribution in [0.15, 0.2) is 58.2 Å². The van der Waals surface area contributed by atoms with E-state index in [0.717, 1.165) is 25.2 Å². The van der Waals surface area contributed by atoms with E-state index in [0.29, 0.717) is 24.9 Å². The standard InChI is InChI=1S/C25H39N3/c1-9-14-24(12-4)20-27-23(8)28(18-10-2)19-16-25(21(6)11-3)22(7)15-17-26-13-5/h2,9,12-15,17,21,25H,5,11,16,18-20H2,1,3-4,6-8H3/b14-9-,22-15+,24-12+,26-17?,27-23?. The lowest BCUT2D eigenvalue weighted by Gasteiger charge is -2.28. The van der Waals surface area contributed by atoms with Crippen LogP contribution in [0.25, 0.3) is 0 Å². The molecule has 0 saturated heterocycles. The van der Waals surface area contributed by atoms with Crippen molar-refractivity contribution in [3.05, 3.63) is 48.2 Å². The van der Waals surface area contributed by atoms with Crippen molar-refractivity contribution in [2.24, 2.45) is 21.8 Å². The third-order valence-electron chi connectivity index (χ3n) is 5.14. The van der Waals surface area contributed by atoms with Crippen LogP contribution in [0.5, 0.6) is 0 Å². The van der Waals surface area contributed by atoms with Crippen LogP contribution in [0.3, 0.4) is 0 Å². The minimum absolute atomic E-state index is 0.489. The lowest BCUT2D eigenvalue weighted by Crippen LogP contribution is -2.32. The maximum Gasteiger partial charge on any atom is 0.0969 e. The van der Waals surface area contributed by atoms with E-state index in [1.165, 1.54) is 11.1 Å². The molecule has 0 rings (SSSR count). The molecule has 3 nitrogen and oxygen atoms in total. The second kappa shape index (κ2) is 15.7. The number of nitrogens with zero attached hydrogens (tertiary/aromatic N) is 3. The quantitative estimate of drug-likeness (QED) is 0.174. The zero-order chi connectivity index (χ0) is 21.4. The predicted molar refractivity (Wildman–Crippen MR) is 127 cm³/mol. The lowest BCUT2D eigenvalue weighted by molar-refractivity contribution is 0.331. The molecule has 2 unspecified atom stereocenters. The van der Waals surface area contributed by atoms with Crippen molar-refractivity contribution in [3.8, 4) is 12.3 Å². The SMILES string of the molecule is C#CCN(CCC(/C(C)=C/C=NC=C)C(C)CC)C(C)=NCC(/C=C\C)=C/C. The molecular weight excluding hydrogens is 342 g/mol. The normalized spacial score (nSPS) is 15.7. The second-order valence-electron chi connectivity index (χ2n) is 7.02. The number of terminal acetylenes is 1. The zero-order valence-corrected chi connectivity index (χ0v) is 18.8. The summed E-state index contributed by atoms with van der Waals surface area (Å²) in [6, 6.07) is 0. The first-order valence-electron chi connectivity index (χ1n) is 10.2. The molecule has 0 aromatic heterocycles. The molecule has 0 saturated carbocycles. The van der Waals surface area contributed by atoms with Crippen molar-refractivity contribution < 1.29 is 0 Å². The first kappa shape index (κ1) is 25.7. The van der Waals surface area contributed by atoms with Gasteiger partial charge in [0.25, 0.3) is 0 Å². The number of aliphatic imine (C=N–C) groups is 2. The van der Waals surface area contributed by atoms with Crippen LogP contribution >= 0.6 is 0 Å². The van der Waals surface area contributed by atoms with Crippen molar-refractivity contribution >= 4 is 12.1 Å². The molecule has 0 bridgehead atoms.